The number of hydrogen-bond acceptors (Lipinski definition) is 2. The van der Waals surface area contributed by atoms with Gasteiger partial charge in [0.05, 0.1) is 0 Å². The maximum atomic E-state index is 12.7. The topological polar surface area (TPSA) is 29.5 Å². The Morgan fingerprint density at radius 3 is 2.32 bits per heavy atom. The molecule has 2 aliphatic rings. The molecule has 0 spiro atoms. The molecule has 2 fully saturated rings. The molecule has 3 nitrogen and oxygen atoms in total. The van der Waals surface area contributed by atoms with Gasteiger partial charge in [0.1, 0.15) is 5.60 Å². The number of amides is 1. The summed E-state index contributed by atoms with van der Waals surface area (Å²) in [5.41, 5.74) is -0.606. The molecule has 19 heavy (non-hydrogen) atoms. The minimum absolute atomic E-state index is 0. The van der Waals surface area contributed by atoms with Crippen LogP contribution in [0.5, 0.6) is 0 Å². The fraction of sp³-hybridized carbons (Fsp3) is 0.909. The van der Waals surface area contributed by atoms with Crippen molar-refractivity contribution in [2.75, 3.05) is 13.1 Å². The van der Waals surface area contributed by atoms with Crippen LogP contribution in [0.2, 0.25) is 5.82 Å². The second-order valence-corrected chi connectivity index (χ2v) is 6.25. The van der Waals surface area contributed by atoms with Crippen molar-refractivity contribution in [3.8, 4) is 0 Å². The van der Waals surface area contributed by atoms with E-state index in [4.69, 9.17) is 4.74 Å². The SMILES string of the molecule is CC(C)(C)OC(=O)N1CC[C@H]2[C@@H](C1)[C@@H]2[B-](F)(F)F.[K+]. The number of fused-ring (bicyclic) bond motifs is 1. The summed E-state index contributed by atoms with van der Waals surface area (Å²) in [4.78, 5) is 13.2. The molecule has 1 heterocycles. The quantitative estimate of drug-likeness (QED) is 0.643. The summed E-state index contributed by atoms with van der Waals surface area (Å²) in [6.45, 7) is 1.04. The Morgan fingerprint density at radius 2 is 1.84 bits per heavy atom. The standard InChI is InChI=1S/C11H18BF3NO2.K/c1-11(2,3)18-10(17)16-5-4-7-8(6-16)9(7)12(13,14)15;/h7-9H,4-6H2,1-3H3;/q-1;+1/t7-,8+,9+;/m0./s1. The molecule has 3 atom stereocenters. The van der Waals surface area contributed by atoms with Crippen molar-refractivity contribution in [1.82, 2.24) is 4.90 Å². The third-order valence-corrected chi connectivity index (χ3v) is 3.65. The van der Waals surface area contributed by atoms with Crippen LogP contribution in [0.25, 0.3) is 0 Å². The summed E-state index contributed by atoms with van der Waals surface area (Å²) in [5, 5.41) is 0. The average molecular weight is 303 g/mol. The first kappa shape index (κ1) is 17.8. The van der Waals surface area contributed by atoms with Gasteiger partial charge in [-0.3, -0.25) is 0 Å². The van der Waals surface area contributed by atoms with Crippen LogP contribution >= 0.6 is 0 Å². The normalized spacial score (nSPS) is 30.2. The predicted molar refractivity (Wildman–Crippen MR) is 62.2 cm³/mol. The van der Waals surface area contributed by atoms with E-state index in [9.17, 15) is 17.7 Å². The van der Waals surface area contributed by atoms with Crippen LogP contribution in [0, 0.1) is 11.8 Å². The van der Waals surface area contributed by atoms with Crippen molar-refractivity contribution < 1.29 is 73.9 Å². The first-order valence-electron chi connectivity index (χ1n) is 6.27. The number of rotatable bonds is 1. The zero-order valence-electron chi connectivity index (χ0n) is 11.8. The van der Waals surface area contributed by atoms with Crippen LogP contribution in [0.1, 0.15) is 27.2 Å². The number of ether oxygens (including phenoxy) is 1. The second kappa shape index (κ2) is 5.87. The van der Waals surface area contributed by atoms with Crippen LogP contribution in [0.3, 0.4) is 0 Å². The zero-order chi connectivity index (χ0) is 13.7. The molecule has 104 valence electrons. The Kier molecular flexibility index (Phi) is 5.50. The van der Waals surface area contributed by atoms with Gasteiger partial charge in [0.25, 0.3) is 0 Å². The molecule has 0 unspecified atom stereocenters. The summed E-state index contributed by atoms with van der Waals surface area (Å²) >= 11 is 0. The summed E-state index contributed by atoms with van der Waals surface area (Å²) in [5.74, 6) is -1.81. The van der Waals surface area contributed by atoms with Gasteiger partial charge in [0.2, 0.25) is 0 Å². The molecule has 0 aromatic heterocycles. The number of piperidine rings is 1. The first-order chi connectivity index (χ1) is 8.09. The number of likely N-dealkylation sites (tertiary alicyclic amines) is 1. The third-order valence-electron chi connectivity index (χ3n) is 3.65. The zero-order valence-corrected chi connectivity index (χ0v) is 15.0. The summed E-state index contributed by atoms with van der Waals surface area (Å²) in [6.07, 6.45) is -0.0585. The van der Waals surface area contributed by atoms with E-state index in [0.29, 0.717) is 13.0 Å². The van der Waals surface area contributed by atoms with Crippen LogP contribution < -0.4 is 51.4 Å². The van der Waals surface area contributed by atoms with Gasteiger partial charge in [-0.15, -0.1) is 0 Å². The van der Waals surface area contributed by atoms with Gasteiger partial charge in [-0.1, -0.05) is 11.7 Å². The minimum Gasteiger partial charge on any atom is -0.449 e. The molecule has 1 aliphatic heterocycles. The van der Waals surface area contributed by atoms with E-state index in [-0.39, 0.29) is 63.8 Å². The molecular weight excluding hydrogens is 285 g/mol. The van der Waals surface area contributed by atoms with Gasteiger partial charge in [0.15, 0.2) is 0 Å². The number of carbonyl (C=O) groups is 1. The molecule has 1 amide bonds. The molecule has 0 radical (unpaired) electrons. The third kappa shape index (κ3) is 4.36. The number of carbonyl (C=O) groups excluding carboxylic acids is 1. The van der Waals surface area contributed by atoms with E-state index < -0.39 is 30.4 Å². The number of halogens is 3. The molecule has 1 aliphatic carbocycles. The fourth-order valence-corrected chi connectivity index (χ4v) is 2.84. The van der Waals surface area contributed by atoms with Gasteiger partial charge < -0.3 is 22.6 Å². The predicted octanol–water partition coefficient (Wildman–Crippen LogP) is 0.0948. The molecule has 1 saturated carbocycles. The van der Waals surface area contributed by atoms with Gasteiger partial charge in [0, 0.05) is 13.1 Å². The van der Waals surface area contributed by atoms with Crippen molar-refractivity contribution in [2.24, 2.45) is 11.8 Å². The van der Waals surface area contributed by atoms with E-state index in [1.807, 2.05) is 0 Å². The van der Waals surface area contributed by atoms with Crippen molar-refractivity contribution in [3.05, 3.63) is 0 Å². The molecule has 0 aromatic carbocycles. The fourth-order valence-electron chi connectivity index (χ4n) is 2.84. The van der Waals surface area contributed by atoms with Crippen LogP contribution in [-0.4, -0.2) is 36.7 Å². The van der Waals surface area contributed by atoms with Gasteiger partial charge >= 0.3 is 64.5 Å². The van der Waals surface area contributed by atoms with Crippen molar-refractivity contribution in [3.63, 3.8) is 0 Å². The molecule has 0 N–H and O–H groups in total. The van der Waals surface area contributed by atoms with Gasteiger partial charge in [-0.2, -0.15) is 0 Å². The smallest absolute Gasteiger partial charge is 0.449 e. The van der Waals surface area contributed by atoms with E-state index in [2.05, 4.69) is 0 Å². The maximum Gasteiger partial charge on any atom is 1.00 e. The largest absolute Gasteiger partial charge is 1.00 e. The summed E-state index contributed by atoms with van der Waals surface area (Å²) in [6, 6.07) is 0. The van der Waals surface area contributed by atoms with E-state index in [1.165, 1.54) is 4.90 Å². The maximum absolute atomic E-state index is 12.7. The van der Waals surface area contributed by atoms with Gasteiger partial charge in [-0.25, -0.2) is 4.79 Å². The molecule has 1 saturated heterocycles. The Labute approximate surface area is 154 Å². The van der Waals surface area contributed by atoms with E-state index >= 15 is 0 Å². The Balaban J connectivity index is 0.00000180. The molecule has 8 heteroatoms. The second-order valence-electron chi connectivity index (χ2n) is 6.25. The monoisotopic (exact) mass is 303 g/mol. The Morgan fingerprint density at radius 1 is 1.26 bits per heavy atom. The summed E-state index contributed by atoms with van der Waals surface area (Å²) < 4.78 is 43.2. The first-order valence-corrected chi connectivity index (χ1v) is 6.27. The number of hydrogen-bond donors (Lipinski definition) is 0. The van der Waals surface area contributed by atoms with Crippen molar-refractivity contribution in [1.29, 1.82) is 0 Å². The Hall–Kier alpha value is 0.761. The Bertz CT molecular complexity index is 359. The van der Waals surface area contributed by atoms with E-state index in [0.717, 1.165) is 0 Å². The molecule has 2 rings (SSSR count). The average Bonchev–Trinajstić information content (AvgIpc) is 2.86. The molecule has 0 aromatic rings. The minimum atomic E-state index is -4.76. The van der Waals surface area contributed by atoms with Crippen LogP contribution in [0.4, 0.5) is 17.7 Å². The van der Waals surface area contributed by atoms with Gasteiger partial charge in [-0.05, 0) is 33.1 Å². The van der Waals surface area contributed by atoms with E-state index in [1.54, 1.807) is 20.8 Å². The summed E-state index contributed by atoms with van der Waals surface area (Å²) in [7, 11) is 0. The number of nitrogens with zero attached hydrogens (tertiary/aromatic N) is 1. The van der Waals surface area contributed by atoms with Crippen LogP contribution in [0.15, 0.2) is 0 Å². The molecular formula is C11H18BF3KNO2. The van der Waals surface area contributed by atoms with Crippen molar-refractivity contribution >= 4 is 13.1 Å². The molecule has 0 bridgehead atoms. The van der Waals surface area contributed by atoms with Crippen LogP contribution in [-0.2, 0) is 4.74 Å². The van der Waals surface area contributed by atoms with Crippen molar-refractivity contribution in [2.45, 2.75) is 38.6 Å².